The number of aromatic nitrogens is 1. The Labute approximate surface area is 127 Å². The summed E-state index contributed by atoms with van der Waals surface area (Å²) in [5.74, 6) is -0.133. The van der Waals surface area contributed by atoms with Gasteiger partial charge in [0.15, 0.2) is 5.58 Å². The van der Waals surface area contributed by atoms with Crippen molar-refractivity contribution in [3.8, 4) is 0 Å². The maximum absolute atomic E-state index is 12.1. The highest BCUT2D eigenvalue weighted by atomic mass is 16.5. The maximum Gasteiger partial charge on any atom is 0.226 e. The first-order chi connectivity index (χ1) is 10.8. The lowest BCUT2D eigenvalue weighted by molar-refractivity contribution is -0.120. The van der Waals surface area contributed by atoms with Gasteiger partial charge in [-0.05, 0) is 23.3 Å². The first-order valence-corrected chi connectivity index (χ1v) is 7.05. The van der Waals surface area contributed by atoms with E-state index in [9.17, 15) is 9.90 Å². The summed E-state index contributed by atoms with van der Waals surface area (Å²) in [5, 5.41) is 16.9. The Balaban J connectivity index is 1.65. The normalized spacial score (nSPS) is 10.8. The van der Waals surface area contributed by atoms with Crippen LogP contribution in [-0.2, 0) is 24.4 Å². The van der Waals surface area contributed by atoms with Gasteiger partial charge in [0.05, 0.1) is 13.0 Å². The van der Waals surface area contributed by atoms with Gasteiger partial charge in [-0.3, -0.25) is 4.79 Å². The standard InChI is InChI=1S/C17H16N2O3/c20-11-13-6-2-1-5-12(13)10-18-17(21)9-15-14-7-3-4-8-16(14)22-19-15/h1-8,20H,9-11H2,(H,18,21). The number of carbonyl (C=O) groups excluding carboxylic acids is 1. The van der Waals surface area contributed by atoms with E-state index in [0.29, 0.717) is 17.8 Å². The van der Waals surface area contributed by atoms with Gasteiger partial charge in [-0.25, -0.2) is 0 Å². The van der Waals surface area contributed by atoms with E-state index in [1.54, 1.807) is 0 Å². The second kappa shape index (κ2) is 6.41. The van der Waals surface area contributed by atoms with Gasteiger partial charge in [0.1, 0.15) is 5.69 Å². The van der Waals surface area contributed by atoms with E-state index in [0.717, 1.165) is 16.5 Å². The second-order valence-electron chi connectivity index (χ2n) is 5.01. The van der Waals surface area contributed by atoms with Crippen LogP contribution >= 0.6 is 0 Å². The lowest BCUT2D eigenvalue weighted by Gasteiger charge is -2.08. The van der Waals surface area contributed by atoms with Gasteiger partial charge in [0.25, 0.3) is 0 Å². The monoisotopic (exact) mass is 296 g/mol. The summed E-state index contributed by atoms with van der Waals surface area (Å²) in [6, 6.07) is 14.9. The lowest BCUT2D eigenvalue weighted by atomic mass is 10.1. The molecule has 2 aromatic carbocycles. The van der Waals surface area contributed by atoms with E-state index >= 15 is 0 Å². The number of nitrogens with zero attached hydrogens (tertiary/aromatic N) is 1. The summed E-state index contributed by atoms with van der Waals surface area (Å²) >= 11 is 0. The molecule has 0 unspecified atom stereocenters. The number of rotatable bonds is 5. The van der Waals surface area contributed by atoms with Gasteiger partial charge >= 0.3 is 0 Å². The zero-order valence-corrected chi connectivity index (χ0v) is 12.0. The molecule has 1 heterocycles. The van der Waals surface area contributed by atoms with Crippen LogP contribution in [0.1, 0.15) is 16.8 Å². The van der Waals surface area contributed by atoms with Crippen LogP contribution < -0.4 is 5.32 Å². The largest absolute Gasteiger partial charge is 0.392 e. The average molecular weight is 296 g/mol. The molecule has 3 aromatic rings. The minimum Gasteiger partial charge on any atom is -0.392 e. The third-order valence-electron chi connectivity index (χ3n) is 3.54. The number of nitrogens with one attached hydrogen (secondary N) is 1. The van der Waals surface area contributed by atoms with Crippen molar-refractivity contribution < 1.29 is 14.4 Å². The van der Waals surface area contributed by atoms with Gasteiger partial charge in [-0.15, -0.1) is 0 Å². The fraction of sp³-hybridized carbons (Fsp3) is 0.176. The highest BCUT2D eigenvalue weighted by Crippen LogP contribution is 2.18. The van der Waals surface area contributed by atoms with E-state index in [1.165, 1.54) is 0 Å². The summed E-state index contributed by atoms with van der Waals surface area (Å²) in [7, 11) is 0. The number of carbonyl (C=O) groups is 1. The van der Waals surface area contributed by atoms with Crippen LogP contribution in [0.2, 0.25) is 0 Å². The minimum absolute atomic E-state index is 0.0417. The molecule has 0 bridgehead atoms. The van der Waals surface area contributed by atoms with Crippen LogP contribution in [-0.4, -0.2) is 16.2 Å². The molecule has 0 aliphatic carbocycles. The van der Waals surface area contributed by atoms with E-state index in [-0.39, 0.29) is 18.9 Å². The van der Waals surface area contributed by atoms with Crippen molar-refractivity contribution >= 4 is 16.9 Å². The summed E-state index contributed by atoms with van der Waals surface area (Å²) < 4.78 is 5.19. The van der Waals surface area contributed by atoms with E-state index < -0.39 is 0 Å². The Morgan fingerprint density at radius 3 is 2.64 bits per heavy atom. The first kappa shape index (κ1) is 14.3. The topological polar surface area (TPSA) is 75.4 Å². The van der Waals surface area contributed by atoms with Crippen molar-refractivity contribution in [1.82, 2.24) is 10.5 Å². The van der Waals surface area contributed by atoms with Gasteiger partial charge < -0.3 is 14.9 Å². The number of aliphatic hydroxyl groups is 1. The number of amides is 1. The van der Waals surface area contributed by atoms with Crippen LogP contribution in [0.4, 0.5) is 0 Å². The fourth-order valence-electron chi connectivity index (χ4n) is 2.36. The third-order valence-corrected chi connectivity index (χ3v) is 3.54. The molecule has 0 saturated carbocycles. The number of hydrogen-bond donors (Lipinski definition) is 2. The fourth-order valence-corrected chi connectivity index (χ4v) is 2.36. The van der Waals surface area contributed by atoms with Crippen molar-refractivity contribution in [3.05, 3.63) is 65.4 Å². The number of aliphatic hydroxyl groups excluding tert-OH is 1. The van der Waals surface area contributed by atoms with Gasteiger partial charge in [-0.1, -0.05) is 41.6 Å². The second-order valence-corrected chi connectivity index (χ2v) is 5.01. The van der Waals surface area contributed by atoms with Gasteiger partial charge in [-0.2, -0.15) is 0 Å². The Morgan fingerprint density at radius 2 is 1.82 bits per heavy atom. The number of para-hydroxylation sites is 1. The molecule has 112 valence electrons. The zero-order valence-electron chi connectivity index (χ0n) is 12.0. The predicted molar refractivity (Wildman–Crippen MR) is 81.9 cm³/mol. The molecule has 0 spiro atoms. The Kier molecular flexibility index (Phi) is 4.16. The highest BCUT2D eigenvalue weighted by Gasteiger charge is 2.12. The molecule has 22 heavy (non-hydrogen) atoms. The summed E-state index contributed by atoms with van der Waals surface area (Å²) in [4.78, 5) is 12.1. The van der Waals surface area contributed by atoms with E-state index in [2.05, 4.69) is 10.5 Å². The third kappa shape index (κ3) is 2.99. The van der Waals surface area contributed by atoms with Crippen molar-refractivity contribution in [2.75, 3.05) is 0 Å². The number of benzene rings is 2. The molecular weight excluding hydrogens is 280 g/mol. The molecule has 1 amide bonds. The smallest absolute Gasteiger partial charge is 0.226 e. The molecular formula is C17H16N2O3. The number of hydrogen-bond acceptors (Lipinski definition) is 4. The quantitative estimate of drug-likeness (QED) is 0.756. The van der Waals surface area contributed by atoms with Crippen LogP contribution in [0.15, 0.2) is 53.1 Å². The molecule has 0 aliphatic rings. The average Bonchev–Trinajstić information content (AvgIpc) is 2.96. The Bertz CT molecular complexity index is 795. The molecule has 2 N–H and O–H groups in total. The zero-order chi connectivity index (χ0) is 15.4. The molecule has 5 heteroatoms. The summed E-state index contributed by atoms with van der Waals surface area (Å²) in [6.07, 6.45) is 0.165. The molecule has 0 saturated heterocycles. The first-order valence-electron chi connectivity index (χ1n) is 7.05. The molecule has 0 radical (unpaired) electrons. The predicted octanol–water partition coefficient (Wildman–Crippen LogP) is 2.18. The highest BCUT2D eigenvalue weighted by molar-refractivity contribution is 5.86. The summed E-state index contributed by atoms with van der Waals surface area (Å²) in [6.45, 7) is 0.339. The lowest BCUT2D eigenvalue weighted by Crippen LogP contribution is -2.25. The maximum atomic E-state index is 12.1. The number of fused-ring (bicyclic) bond motifs is 1. The Morgan fingerprint density at radius 1 is 1.09 bits per heavy atom. The van der Waals surface area contributed by atoms with Crippen LogP contribution in [0.5, 0.6) is 0 Å². The molecule has 0 atom stereocenters. The van der Waals surface area contributed by atoms with Gasteiger partial charge in [0.2, 0.25) is 5.91 Å². The minimum atomic E-state index is -0.133. The van der Waals surface area contributed by atoms with Crippen molar-refractivity contribution in [1.29, 1.82) is 0 Å². The molecule has 1 aromatic heterocycles. The van der Waals surface area contributed by atoms with Crippen molar-refractivity contribution in [2.45, 2.75) is 19.6 Å². The van der Waals surface area contributed by atoms with Crippen molar-refractivity contribution in [3.63, 3.8) is 0 Å². The molecule has 5 nitrogen and oxygen atoms in total. The molecule has 3 rings (SSSR count). The Hall–Kier alpha value is -2.66. The van der Waals surface area contributed by atoms with Crippen LogP contribution in [0, 0.1) is 0 Å². The SMILES string of the molecule is O=C(Cc1noc2ccccc12)NCc1ccccc1CO. The van der Waals surface area contributed by atoms with Gasteiger partial charge in [0, 0.05) is 11.9 Å². The van der Waals surface area contributed by atoms with Crippen molar-refractivity contribution in [2.24, 2.45) is 0 Å². The van der Waals surface area contributed by atoms with E-state index in [1.807, 2.05) is 48.5 Å². The van der Waals surface area contributed by atoms with Crippen LogP contribution in [0.3, 0.4) is 0 Å². The molecule has 0 aliphatic heterocycles. The summed E-state index contributed by atoms with van der Waals surface area (Å²) in [5.41, 5.74) is 3.03. The molecule has 0 fully saturated rings. The van der Waals surface area contributed by atoms with Crippen LogP contribution in [0.25, 0.3) is 11.0 Å². The van der Waals surface area contributed by atoms with E-state index in [4.69, 9.17) is 4.52 Å².